The lowest BCUT2D eigenvalue weighted by Crippen LogP contribution is -2.40. The van der Waals surface area contributed by atoms with Crippen LogP contribution in [0.5, 0.6) is 0 Å². The van der Waals surface area contributed by atoms with E-state index in [1.165, 1.54) is 58.4 Å². The van der Waals surface area contributed by atoms with Crippen molar-refractivity contribution in [1.82, 2.24) is 15.1 Å². The van der Waals surface area contributed by atoms with Gasteiger partial charge in [0.05, 0.1) is 0 Å². The molecule has 0 unspecified atom stereocenters. The highest BCUT2D eigenvalue weighted by Gasteiger charge is 2.20. The molecule has 18 heavy (non-hydrogen) atoms. The van der Waals surface area contributed by atoms with E-state index in [1.54, 1.807) is 0 Å². The Labute approximate surface area is 114 Å². The minimum absolute atomic E-state index is 0.875. The zero-order valence-electron chi connectivity index (χ0n) is 12.7. The van der Waals surface area contributed by atoms with Gasteiger partial charge in [-0.25, -0.2) is 0 Å². The van der Waals surface area contributed by atoms with Crippen LogP contribution in [0.2, 0.25) is 0 Å². The molecule has 0 aromatic heterocycles. The third-order valence-corrected chi connectivity index (χ3v) is 4.32. The van der Waals surface area contributed by atoms with Crippen molar-refractivity contribution in [2.75, 3.05) is 45.8 Å². The van der Waals surface area contributed by atoms with Crippen LogP contribution >= 0.6 is 0 Å². The molecule has 1 fully saturated rings. The van der Waals surface area contributed by atoms with E-state index in [1.807, 2.05) is 0 Å². The summed E-state index contributed by atoms with van der Waals surface area (Å²) in [5.41, 5.74) is 0. The fourth-order valence-corrected chi connectivity index (χ4v) is 2.99. The minimum Gasteiger partial charge on any atom is -0.314 e. The molecule has 1 aliphatic carbocycles. The molecular formula is C15H33N3. The smallest absolute Gasteiger partial charge is 0.0110 e. The molecule has 1 rings (SSSR count). The minimum atomic E-state index is 0.875. The monoisotopic (exact) mass is 255 g/mol. The van der Waals surface area contributed by atoms with Gasteiger partial charge in [0.2, 0.25) is 0 Å². The van der Waals surface area contributed by atoms with Crippen LogP contribution in [0.15, 0.2) is 0 Å². The first-order chi connectivity index (χ1) is 8.81. The van der Waals surface area contributed by atoms with Crippen LogP contribution in [0.25, 0.3) is 0 Å². The summed E-state index contributed by atoms with van der Waals surface area (Å²) in [6.45, 7) is 15.0. The summed E-state index contributed by atoms with van der Waals surface area (Å²) in [6.07, 6.45) is 5.73. The van der Waals surface area contributed by atoms with Gasteiger partial charge in [-0.05, 0) is 32.5 Å². The Kier molecular flexibility index (Phi) is 8.64. The van der Waals surface area contributed by atoms with Crippen LogP contribution in [-0.4, -0.2) is 61.7 Å². The van der Waals surface area contributed by atoms with Crippen molar-refractivity contribution in [2.45, 2.75) is 52.5 Å². The van der Waals surface area contributed by atoms with Crippen LogP contribution in [-0.2, 0) is 0 Å². The standard InChI is InChI=1S/C15H33N3/c1-4-17(5-2)13-11-16-12-14-18(6-3)15-9-7-8-10-15/h15-16H,4-14H2,1-3H3. The lowest BCUT2D eigenvalue weighted by molar-refractivity contribution is 0.207. The summed E-state index contributed by atoms with van der Waals surface area (Å²) in [5, 5.41) is 3.59. The molecule has 1 saturated carbocycles. The first kappa shape index (κ1) is 15.9. The lowest BCUT2D eigenvalue weighted by Gasteiger charge is -2.27. The Morgan fingerprint density at radius 2 is 1.50 bits per heavy atom. The maximum Gasteiger partial charge on any atom is 0.0110 e. The SMILES string of the molecule is CCN(CC)CCNCCN(CC)C1CCCC1. The van der Waals surface area contributed by atoms with Gasteiger partial charge in [0.15, 0.2) is 0 Å². The Morgan fingerprint density at radius 3 is 2.06 bits per heavy atom. The molecule has 0 saturated heterocycles. The van der Waals surface area contributed by atoms with Crippen LogP contribution in [0.4, 0.5) is 0 Å². The van der Waals surface area contributed by atoms with Crippen LogP contribution in [0, 0.1) is 0 Å². The van der Waals surface area contributed by atoms with Gasteiger partial charge in [-0.2, -0.15) is 0 Å². The van der Waals surface area contributed by atoms with Gasteiger partial charge in [-0.1, -0.05) is 33.6 Å². The molecule has 0 aliphatic heterocycles. The normalized spacial score (nSPS) is 17.2. The number of hydrogen-bond donors (Lipinski definition) is 1. The van der Waals surface area contributed by atoms with Crippen LogP contribution < -0.4 is 5.32 Å². The largest absolute Gasteiger partial charge is 0.314 e. The van der Waals surface area contributed by atoms with Crippen molar-refractivity contribution in [3.8, 4) is 0 Å². The Balaban J connectivity index is 2.04. The first-order valence-electron chi connectivity index (χ1n) is 7.98. The summed E-state index contributed by atoms with van der Waals surface area (Å²) in [7, 11) is 0. The zero-order valence-corrected chi connectivity index (χ0v) is 12.7. The van der Waals surface area contributed by atoms with Gasteiger partial charge in [0.1, 0.15) is 0 Å². The molecule has 0 amide bonds. The van der Waals surface area contributed by atoms with Gasteiger partial charge in [0, 0.05) is 32.2 Å². The quantitative estimate of drug-likeness (QED) is 0.604. The number of nitrogens with zero attached hydrogens (tertiary/aromatic N) is 2. The van der Waals surface area contributed by atoms with E-state index in [-0.39, 0.29) is 0 Å². The second kappa shape index (κ2) is 9.76. The van der Waals surface area contributed by atoms with Gasteiger partial charge in [0.25, 0.3) is 0 Å². The molecule has 1 aliphatic rings. The summed E-state index contributed by atoms with van der Waals surface area (Å²) < 4.78 is 0. The molecular weight excluding hydrogens is 222 g/mol. The van der Waals surface area contributed by atoms with E-state index in [2.05, 4.69) is 35.9 Å². The summed E-state index contributed by atoms with van der Waals surface area (Å²) in [4.78, 5) is 5.14. The second-order valence-electron chi connectivity index (χ2n) is 5.34. The van der Waals surface area contributed by atoms with Crippen molar-refractivity contribution in [1.29, 1.82) is 0 Å². The fraction of sp³-hybridized carbons (Fsp3) is 1.00. The zero-order chi connectivity index (χ0) is 13.2. The average molecular weight is 255 g/mol. The molecule has 0 radical (unpaired) electrons. The van der Waals surface area contributed by atoms with E-state index >= 15 is 0 Å². The van der Waals surface area contributed by atoms with E-state index in [0.29, 0.717) is 0 Å². The number of nitrogens with one attached hydrogen (secondary N) is 1. The van der Waals surface area contributed by atoms with Crippen molar-refractivity contribution in [3.05, 3.63) is 0 Å². The van der Waals surface area contributed by atoms with E-state index < -0.39 is 0 Å². The van der Waals surface area contributed by atoms with E-state index in [4.69, 9.17) is 0 Å². The molecule has 0 bridgehead atoms. The molecule has 3 heteroatoms. The first-order valence-corrected chi connectivity index (χ1v) is 7.98. The molecule has 108 valence electrons. The average Bonchev–Trinajstić information content (AvgIpc) is 2.92. The maximum absolute atomic E-state index is 3.59. The van der Waals surface area contributed by atoms with Crippen molar-refractivity contribution >= 4 is 0 Å². The van der Waals surface area contributed by atoms with E-state index in [9.17, 15) is 0 Å². The topological polar surface area (TPSA) is 18.5 Å². The highest BCUT2D eigenvalue weighted by atomic mass is 15.2. The van der Waals surface area contributed by atoms with Gasteiger partial charge < -0.3 is 10.2 Å². The third-order valence-electron chi connectivity index (χ3n) is 4.32. The van der Waals surface area contributed by atoms with Crippen LogP contribution in [0.3, 0.4) is 0 Å². The highest BCUT2D eigenvalue weighted by molar-refractivity contribution is 4.77. The Bertz CT molecular complexity index is 186. The summed E-state index contributed by atoms with van der Waals surface area (Å²) in [5.74, 6) is 0. The predicted molar refractivity (Wildman–Crippen MR) is 80.2 cm³/mol. The van der Waals surface area contributed by atoms with Crippen molar-refractivity contribution in [3.63, 3.8) is 0 Å². The predicted octanol–water partition coefficient (Wildman–Crippen LogP) is 2.18. The lowest BCUT2D eigenvalue weighted by atomic mass is 10.2. The van der Waals surface area contributed by atoms with Gasteiger partial charge in [-0.15, -0.1) is 0 Å². The molecule has 3 nitrogen and oxygen atoms in total. The molecule has 0 atom stereocenters. The molecule has 0 heterocycles. The Morgan fingerprint density at radius 1 is 0.889 bits per heavy atom. The summed E-state index contributed by atoms with van der Waals surface area (Å²) in [6, 6.07) is 0.875. The molecule has 0 aromatic carbocycles. The summed E-state index contributed by atoms with van der Waals surface area (Å²) >= 11 is 0. The van der Waals surface area contributed by atoms with Crippen LogP contribution in [0.1, 0.15) is 46.5 Å². The second-order valence-corrected chi connectivity index (χ2v) is 5.34. The number of likely N-dealkylation sites (N-methyl/N-ethyl adjacent to an activating group) is 2. The Hall–Kier alpha value is -0.120. The third kappa shape index (κ3) is 5.68. The van der Waals surface area contributed by atoms with Crippen molar-refractivity contribution < 1.29 is 0 Å². The van der Waals surface area contributed by atoms with E-state index in [0.717, 1.165) is 19.1 Å². The molecule has 1 N–H and O–H groups in total. The van der Waals surface area contributed by atoms with Crippen molar-refractivity contribution in [2.24, 2.45) is 0 Å². The maximum atomic E-state index is 3.59. The number of hydrogen-bond acceptors (Lipinski definition) is 3. The molecule has 0 spiro atoms. The van der Waals surface area contributed by atoms with Gasteiger partial charge in [-0.3, -0.25) is 4.90 Å². The van der Waals surface area contributed by atoms with Gasteiger partial charge >= 0.3 is 0 Å². The highest BCUT2D eigenvalue weighted by Crippen LogP contribution is 2.22. The number of rotatable bonds is 10. The molecule has 0 aromatic rings. The fourth-order valence-electron chi connectivity index (χ4n) is 2.99.